The normalized spacial score (nSPS) is 11.2. The summed E-state index contributed by atoms with van der Waals surface area (Å²) in [5.41, 5.74) is 4.60. The zero-order chi connectivity index (χ0) is 22.1. The number of aryl methyl sites for hydroxylation is 1. The molecule has 0 saturated carbocycles. The first-order valence-corrected chi connectivity index (χ1v) is 10.3. The van der Waals surface area contributed by atoms with Crippen LogP contribution in [0.3, 0.4) is 0 Å². The van der Waals surface area contributed by atoms with Crippen LogP contribution in [0.5, 0.6) is 0 Å². The molecule has 6 nitrogen and oxygen atoms in total. The molecule has 0 spiro atoms. The molecule has 0 fully saturated rings. The SMILES string of the molecule is Cc1c(CC(=O)NCc2ccncc2)c(=O)oc2cc3occ(-c4ccccc4)c3cc12. The van der Waals surface area contributed by atoms with Gasteiger partial charge in [0.15, 0.2) is 0 Å². The molecule has 0 atom stereocenters. The molecule has 1 amide bonds. The van der Waals surface area contributed by atoms with Gasteiger partial charge in [0.05, 0.1) is 18.2 Å². The Balaban J connectivity index is 1.50. The standard InChI is InChI=1S/C26H20N2O4/c1-16-19-11-21-22(18-5-3-2-4-6-18)15-31-23(21)13-24(19)32-26(30)20(16)12-25(29)28-14-17-7-9-27-10-8-17/h2-11,13,15H,12,14H2,1H3,(H,28,29). The molecular weight excluding hydrogens is 404 g/mol. The van der Waals surface area contributed by atoms with Crippen LogP contribution in [-0.4, -0.2) is 10.9 Å². The van der Waals surface area contributed by atoms with Crippen molar-refractivity contribution in [3.05, 3.63) is 100 Å². The van der Waals surface area contributed by atoms with Crippen molar-refractivity contribution in [2.75, 3.05) is 0 Å². The Hall–Kier alpha value is -4.19. The highest BCUT2D eigenvalue weighted by atomic mass is 16.4. The number of fused-ring (bicyclic) bond motifs is 2. The Morgan fingerprint density at radius 1 is 1.00 bits per heavy atom. The van der Waals surface area contributed by atoms with Crippen LogP contribution in [0.2, 0.25) is 0 Å². The molecule has 5 rings (SSSR count). The van der Waals surface area contributed by atoms with E-state index in [9.17, 15) is 9.59 Å². The average molecular weight is 424 g/mol. The van der Waals surface area contributed by atoms with Crippen molar-refractivity contribution in [1.82, 2.24) is 10.3 Å². The molecule has 0 aliphatic heterocycles. The third kappa shape index (κ3) is 3.67. The van der Waals surface area contributed by atoms with Crippen LogP contribution >= 0.6 is 0 Å². The van der Waals surface area contributed by atoms with Crippen LogP contribution < -0.4 is 10.9 Å². The quantitative estimate of drug-likeness (QED) is 0.411. The topological polar surface area (TPSA) is 85.3 Å². The summed E-state index contributed by atoms with van der Waals surface area (Å²) in [5.74, 6) is -0.245. The van der Waals surface area contributed by atoms with Crippen molar-refractivity contribution in [2.24, 2.45) is 0 Å². The fourth-order valence-electron chi connectivity index (χ4n) is 3.88. The number of hydrogen-bond acceptors (Lipinski definition) is 5. The van der Waals surface area contributed by atoms with Crippen LogP contribution in [-0.2, 0) is 17.8 Å². The number of benzene rings is 2. The van der Waals surface area contributed by atoms with Gasteiger partial charge in [-0.25, -0.2) is 4.79 Å². The monoisotopic (exact) mass is 424 g/mol. The zero-order valence-electron chi connectivity index (χ0n) is 17.4. The van der Waals surface area contributed by atoms with Gasteiger partial charge in [0.1, 0.15) is 11.2 Å². The molecule has 158 valence electrons. The van der Waals surface area contributed by atoms with E-state index in [2.05, 4.69) is 10.3 Å². The van der Waals surface area contributed by atoms with Gasteiger partial charge >= 0.3 is 5.63 Å². The summed E-state index contributed by atoms with van der Waals surface area (Å²) in [5, 5.41) is 4.55. The molecule has 32 heavy (non-hydrogen) atoms. The minimum atomic E-state index is -0.511. The predicted molar refractivity (Wildman–Crippen MR) is 122 cm³/mol. The number of furan rings is 1. The highest BCUT2D eigenvalue weighted by Gasteiger charge is 2.17. The van der Waals surface area contributed by atoms with E-state index in [1.807, 2.05) is 55.5 Å². The van der Waals surface area contributed by atoms with E-state index >= 15 is 0 Å². The number of rotatable bonds is 5. The van der Waals surface area contributed by atoms with Crippen LogP contribution in [0.15, 0.2) is 86.9 Å². The Bertz CT molecular complexity index is 1490. The van der Waals surface area contributed by atoms with Gasteiger partial charge in [-0.2, -0.15) is 0 Å². The first kappa shape index (κ1) is 19.8. The van der Waals surface area contributed by atoms with Gasteiger partial charge in [0.2, 0.25) is 5.91 Å². The second-order valence-corrected chi connectivity index (χ2v) is 7.66. The molecule has 2 aromatic carbocycles. The fourth-order valence-corrected chi connectivity index (χ4v) is 3.88. The number of amides is 1. The van der Waals surface area contributed by atoms with E-state index in [0.29, 0.717) is 23.3 Å². The van der Waals surface area contributed by atoms with Gasteiger partial charge in [-0.05, 0) is 41.8 Å². The molecule has 0 radical (unpaired) electrons. The molecular formula is C26H20N2O4. The molecule has 3 aromatic heterocycles. The fraction of sp³-hybridized carbons (Fsp3) is 0.115. The summed E-state index contributed by atoms with van der Waals surface area (Å²) in [6.07, 6.45) is 5.00. The number of carbonyl (C=O) groups is 1. The third-order valence-electron chi connectivity index (χ3n) is 5.64. The number of aromatic nitrogens is 1. The van der Waals surface area contributed by atoms with Crippen LogP contribution in [0, 0.1) is 6.92 Å². The smallest absolute Gasteiger partial charge is 0.340 e. The lowest BCUT2D eigenvalue weighted by atomic mass is 9.99. The Morgan fingerprint density at radius 3 is 2.56 bits per heavy atom. The summed E-state index contributed by atoms with van der Waals surface area (Å²) in [7, 11) is 0. The predicted octanol–water partition coefficient (Wildman–Crippen LogP) is 4.77. The van der Waals surface area contributed by atoms with Crippen LogP contribution in [0.1, 0.15) is 16.7 Å². The molecule has 0 bridgehead atoms. The molecule has 0 aliphatic rings. The lowest BCUT2D eigenvalue weighted by molar-refractivity contribution is -0.120. The summed E-state index contributed by atoms with van der Waals surface area (Å²) in [6, 6.07) is 17.3. The Kier molecular flexibility index (Phi) is 5.03. The summed E-state index contributed by atoms with van der Waals surface area (Å²) in [4.78, 5) is 29.1. The Morgan fingerprint density at radius 2 is 1.78 bits per heavy atom. The lowest BCUT2D eigenvalue weighted by Gasteiger charge is -2.09. The number of hydrogen-bond donors (Lipinski definition) is 1. The van der Waals surface area contributed by atoms with E-state index in [4.69, 9.17) is 8.83 Å². The van der Waals surface area contributed by atoms with E-state index in [0.717, 1.165) is 33.0 Å². The highest BCUT2D eigenvalue weighted by Crippen LogP contribution is 2.34. The maximum atomic E-state index is 12.6. The van der Waals surface area contributed by atoms with Gasteiger partial charge < -0.3 is 14.2 Å². The maximum Gasteiger partial charge on any atom is 0.340 e. The molecule has 6 heteroatoms. The number of nitrogens with one attached hydrogen (secondary N) is 1. The first-order valence-electron chi connectivity index (χ1n) is 10.3. The highest BCUT2D eigenvalue weighted by molar-refractivity contribution is 6.02. The average Bonchev–Trinajstić information content (AvgIpc) is 3.23. The molecule has 0 unspecified atom stereocenters. The first-order chi connectivity index (χ1) is 15.6. The van der Waals surface area contributed by atoms with Gasteiger partial charge in [-0.15, -0.1) is 0 Å². The summed E-state index contributed by atoms with van der Waals surface area (Å²) >= 11 is 0. The minimum absolute atomic E-state index is 0.0514. The summed E-state index contributed by atoms with van der Waals surface area (Å²) in [6.45, 7) is 2.22. The summed E-state index contributed by atoms with van der Waals surface area (Å²) < 4.78 is 11.3. The molecule has 5 aromatic rings. The van der Waals surface area contributed by atoms with Crippen LogP contribution in [0.4, 0.5) is 0 Å². The molecule has 0 saturated heterocycles. The van der Waals surface area contributed by atoms with Crippen molar-refractivity contribution in [3.63, 3.8) is 0 Å². The second kappa shape index (κ2) is 8.15. The second-order valence-electron chi connectivity index (χ2n) is 7.66. The van der Waals surface area contributed by atoms with Gasteiger partial charge in [-0.1, -0.05) is 30.3 Å². The zero-order valence-corrected chi connectivity index (χ0v) is 17.4. The maximum absolute atomic E-state index is 12.6. The van der Waals surface area contributed by atoms with Crippen molar-refractivity contribution in [3.8, 4) is 11.1 Å². The number of nitrogens with zero attached hydrogens (tertiary/aromatic N) is 1. The molecule has 0 aliphatic carbocycles. The lowest BCUT2D eigenvalue weighted by Crippen LogP contribution is -2.27. The number of pyridine rings is 1. The third-order valence-corrected chi connectivity index (χ3v) is 5.64. The molecule has 1 N–H and O–H groups in total. The number of carbonyl (C=O) groups excluding carboxylic acids is 1. The largest absolute Gasteiger partial charge is 0.464 e. The minimum Gasteiger partial charge on any atom is -0.464 e. The Labute approximate surface area is 183 Å². The van der Waals surface area contributed by atoms with Crippen molar-refractivity contribution < 1.29 is 13.6 Å². The van der Waals surface area contributed by atoms with Crippen molar-refractivity contribution in [2.45, 2.75) is 19.9 Å². The van der Waals surface area contributed by atoms with Crippen molar-refractivity contribution in [1.29, 1.82) is 0 Å². The van der Waals surface area contributed by atoms with Gasteiger partial charge in [-0.3, -0.25) is 9.78 Å². The molecule has 3 heterocycles. The van der Waals surface area contributed by atoms with E-state index in [1.165, 1.54) is 0 Å². The van der Waals surface area contributed by atoms with E-state index in [1.54, 1.807) is 24.7 Å². The van der Waals surface area contributed by atoms with Gasteiger partial charge in [0, 0.05) is 41.3 Å². The van der Waals surface area contributed by atoms with Crippen molar-refractivity contribution >= 4 is 27.8 Å². The van der Waals surface area contributed by atoms with Crippen LogP contribution in [0.25, 0.3) is 33.1 Å². The van der Waals surface area contributed by atoms with E-state index in [-0.39, 0.29) is 12.3 Å². The van der Waals surface area contributed by atoms with Gasteiger partial charge in [0.25, 0.3) is 0 Å². The van der Waals surface area contributed by atoms with E-state index < -0.39 is 5.63 Å².